The van der Waals surface area contributed by atoms with Crippen LogP contribution in [-0.2, 0) is 24.5 Å². The number of carbonyl (C=O) groups is 1. The number of halogens is 1. The van der Waals surface area contributed by atoms with E-state index in [2.05, 4.69) is 15.9 Å². The molecule has 0 amide bonds. The maximum Gasteiger partial charge on any atom is 0.310 e. The highest BCUT2D eigenvalue weighted by atomic mass is 79.9. The van der Waals surface area contributed by atoms with Crippen molar-refractivity contribution in [3.63, 3.8) is 0 Å². The van der Waals surface area contributed by atoms with Gasteiger partial charge in [-0.25, -0.2) is 16.8 Å². The Labute approximate surface area is 147 Å². The van der Waals surface area contributed by atoms with Gasteiger partial charge in [-0.3, -0.25) is 4.79 Å². The number of carboxylic acids is 1. The number of hydrogen-bond donors (Lipinski definition) is 1. The summed E-state index contributed by atoms with van der Waals surface area (Å²) in [6.07, 6.45) is 0. The lowest BCUT2D eigenvalue weighted by molar-refractivity contribution is -0.138. The third-order valence-electron chi connectivity index (χ3n) is 3.90. The Kier molecular flexibility index (Phi) is 3.85. The van der Waals surface area contributed by atoms with Crippen molar-refractivity contribution in [2.45, 2.75) is 32.4 Å². The number of sulfone groups is 2. The second-order valence-corrected chi connectivity index (χ2v) is 10.1. The van der Waals surface area contributed by atoms with Crippen molar-refractivity contribution < 1.29 is 26.7 Å². The SMILES string of the molecule is CC(C(=O)O)c1ccc2c(c1)S(=O)(=O)c1cc(Br)ccc1S2(=O)=O. The molecule has 0 radical (unpaired) electrons. The van der Waals surface area contributed by atoms with Gasteiger partial charge in [-0.2, -0.15) is 0 Å². The molecule has 2 aromatic rings. The fourth-order valence-corrected chi connectivity index (χ4v) is 7.20. The summed E-state index contributed by atoms with van der Waals surface area (Å²) in [6.45, 7) is 1.40. The standard InChI is InChI=1S/C15H11BrO6S2/c1-8(15(17)18)9-2-4-11-13(6-9)24(21,22)14-7-10(16)3-5-12(14)23(11,19)20/h2-8H,1H3,(H,17,18). The molecule has 0 saturated carbocycles. The molecule has 0 saturated heterocycles. The minimum atomic E-state index is -4.08. The Bertz CT molecular complexity index is 1090. The summed E-state index contributed by atoms with van der Waals surface area (Å²) in [4.78, 5) is 9.81. The largest absolute Gasteiger partial charge is 0.481 e. The quantitative estimate of drug-likeness (QED) is 0.669. The summed E-state index contributed by atoms with van der Waals surface area (Å²) in [6, 6.07) is 7.54. The zero-order chi connectivity index (χ0) is 17.9. The lowest BCUT2D eigenvalue weighted by Crippen LogP contribution is -2.20. The molecule has 3 rings (SSSR count). The van der Waals surface area contributed by atoms with Crippen LogP contribution in [0.4, 0.5) is 0 Å². The van der Waals surface area contributed by atoms with Gasteiger partial charge in [0, 0.05) is 4.47 Å². The third kappa shape index (κ3) is 2.38. The molecule has 0 spiro atoms. The van der Waals surface area contributed by atoms with Crippen LogP contribution in [0, 0.1) is 0 Å². The Balaban J connectivity index is 2.38. The Morgan fingerprint density at radius 2 is 1.42 bits per heavy atom. The average molecular weight is 431 g/mol. The normalized spacial score (nSPS) is 18.2. The molecule has 24 heavy (non-hydrogen) atoms. The summed E-state index contributed by atoms with van der Waals surface area (Å²) in [5, 5.41) is 9.09. The highest BCUT2D eigenvalue weighted by Crippen LogP contribution is 2.42. The van der Waals surface area contributed by atoms with Crippen LogP contribution in [0.5, 0.6) is 0 Å². The number of aliphatic carboxylic acids is 1. The topological polar surface area (TPSA) is 106 Å². The molecule has 0 aromatic heterocycles. The van der Waals surface area contributed by atoms with Crippen molar-refractivity contribution in [3.05, 3.63) is 46.4 Å². The van der Waals surface area contributed by atoms with Gasteiger partial charge in [0.1, 0.15) is 0 Å². The molecule has 1 N–H and O–H groups in total. The molecule has 1 aliphatic heterocycles. The van der Waals surface area contributed by atoms with Crippen molar-refractivity contribution in [2.24, 2.45) is 0 Å². The van der Waals surface area contributed by atoms with Gasteiger partial charge < -0.3 is 5.11 Å². The zero-order valence-corrected chi connectivity index (χ0v) is 15.4. The second-order valence-electron chi connectivity index (χ2n) is 5.36. The van der Waals surface area contributed by atoms with Crippen LogP contribution in [0.15, 0.2) is 60.5 Å². The molecule has 1 aliphatic rings. The molecule has 126 valence electrons. The zero-order valence-electron chi connectivity index (χ0n) is 12.2. The number of fused-ring (bicyclic) bond motifs is 2. The van der Waals surface area contributed by atoms with E-state index in [-0.39, 0.29) is 20.2 Å². The first-order chi connectivity index (χ1) is 11.1. The highest BCUT2D eigenvalue weighted by Gasteiger charge is 2.39. The summed E-state index contributed by atoms with van der Waals surface area (Å²) in [5.41, 5.74) is 0.221. The van der Waals surface area contributed by atoms with Crippen molar-refractivity contribution in [3.8, 4) is 0 Å². The fraction of sp³-hybridized carbons (Fsp3) is 0.133. The molecule has 2 aromatic carbocycles. The summed E-state index contributed by atoms with van der Waals surface area (Å²) in [5.74, 6) is -2.09. The van der Waals surface area contributed by atoms with Gasteiger partial charge in [-0.1, -0.05) is 22.0 Å². The van der Waals surface area contributed by atoms with Crippen molar-refractivity contribution in [1.29, 1.82) is 0 Å². The van der Waals surface area contributed by atoms with Gasteiger partial charge in [-0.05, 0) is 42.8 Å². The second kappa shape index (κ2) is 5.40. The maximum atomic E-state index is 12.8. The van der Waals surface area contributed by atoms with E-state index in [0.29, 0.717) is 4.47 Å². The maximum absolute atomic E-state index is 12.8. The number of benzene rings is 2. The Morgan fingerprint density at radius 1 is 0.917 bits per heavy atom. The van der Waals surface area contributed by atoms with Gasteiger partial charge in [0.2, 0.25) is 19.7 Å². The van der Waals surface area contributed by atoms with Crippen LogP contribution in [0.1, 0.15) is 18.4 Å². The van der Waals surface area contributed by atoms with Crippen LogP contribution in [-0.4, -0.2) is 27.9 Å². The fourth-order valence-electron chi connectivity index (χ4n) is 2.52. The van der Waals surface area contributed by atoms with Crippen LogP contribution in [0.2, 0.25) is 0 Å². The minimum absolute atomic E-state index is 0.221. The first kappa shape index (κ1) is 17.1. The molecular weight excluding hydrogens is 420 g/mol. The molecule has 0 bridgehead atoms. The predicted octanol–water partition coefficient (Wildman–Crippen LogP) is 2.62. The molecule has 9 heteroatoms. The van der Waals surface area contributed by atoms with E-state index in [9.17, 15) is 21.6 Å². The van der Waals surface area contributed by atoms with E-state index < -0.39 is 36.5 Å². The van der Waals surface area contributed by atoms with Gasteiger partial charge in [0.05, 0.1) is 25.5 Å². The third-order valence-corrected chi connectivity index (χ3v) is 8.36. The van der Waals surface area contributed by atoms with E-state index in [4.69, 9.17) is 5.11 Å². The van der Waals surface area contributed by atoms with Gasteiger partial charge in [0.15, 0.2) is 0 Å². The number of carboxylic acid groups (broad SMARTS) is 1. The van der Waals surface area contributed by atoms with Crippen molar-refractivity contribution in [1.82, 2.24) is 0 Å². The van der Waals surface area contributed by atoms with Crippen LogP contribution in [0.3, 0.4) is 0 Å². The van der Waals surface area contributed by atoms with Crippen LogP contribution >= 0.6 is 15.9 Å². The number of hydrogen-bond acceptors (Lipinski definition) is 5. The van der Waals surface area contributed by atoms with Crippen molar-refractivity contribution >= 4 is 41.6 Å². The molecule has 1 atom stereocenters. The van der Waals surface area contributed by atoms with Crippen LogP contribution in [0.25, 0.3) is 0 Å². The summed E-state index contributed by atoms with van der Waals surface area (Å²) >= 11 is 3.14. The van der Waals surface area contributed by atoms with Crippen molar-refractivity contribution in [2.75, 3.05) is 0 Å². The lowest BCUT2D eigenvalue weighted by atomic mass is 10.0. The molecule has 0 aliphatic carbocycles. The average Bonchev–Trinajstić information content (AvgIpc) is 2.52. The van der Waals surface area contributed by atoms with Gasteiger partial charge >= 0.3 is 5.97 Å². The van der Waals surface area contributed by atoms with E-state index >= 15 is 0 Å². The summed E-state index contributed by atoms with van der Waals surface area (Å²) < 4.78 is 51.6. The predicted molar refractivity (Wildman–Crippen MR) is 87.5 cm³/mol. The van der Waals surface area contributed by atoms with E-state index in [0.717, 1.165) is 12.1 Å². The first-order valence-corrected chi connectivity index (χ1v) is 10.5. The van der Waals surface area contributed by atoms with E-state index in [1.54, 1.807) is 0 Å². The molecule has 1 heterocycles. The lowest BCUT2D eigenvalue weighted by Gasteiger charge is -2.21. The molecular formula is C15H11BrO6S2. The molecule has 1 unspecified atom stereocenters. The van der Waals surface area contributed by atoms with E-state index in [1.807, 2.05) is 0 Å². The Hall–Kier alpha value is -1.71. The van der Waals surface area contributed by atoms with Crippen LogP contribution < -0.4 is 0 Å². The molecule has 6 nitrogen and oxygen atoms in total. The number of rotatable bonds is 2. The summed E-state index contributed by atoms with van der Waals surface area (Å²) in [7, 11) is -8.08. The Morgan fingerprint density at radius 3 is 2.00 bits per heavy atom. The highest BCUT2D eigenvalue weighted by molar-refractivity contribution is 9.10. The minimum Gasteiger partial charge on any atom is -0.481 e. The van der Waals surface area contributed by atoms with E-state index in [1.165, 1.54) is 31.2 Å². The monoisotopic (exact) mass is 430 g/mol. The smallest absolute Gasteiger partial charge is 0.310 e. The first-order valence-electron chi connectivity index (χ1n) is 6.73. The van der Waals surface area contributed by atoms with Gasteiger partial charge in [0.25, 0.3) is 0 Å². The molecule has 0 fully saturated rings. The van der Waals surface area contributed by atoms with Gasteiger partial charge in [-0.15, -0.1) is 0 Å².